The second-order valence-electron chi connectivity index (χ2n) is 10.8. The maximum absolute atomic E-state index is 13.2. The molecule has 1 aliphatic heterocycles. The van der Waals surface area contributed by atoms with E-state index in [-0.39, 0.29) is 18.1 Å². The molecule has 2 fully saturated rings. The second kappa shape index (κ2) is 10.7. The van der Waals surface area contributed by atoms with Gasteiger partial charge in [-0.2, -0.15) is 0 Å². The Bertz CT molecular complexity index is 913. The lowest BCUT2D eigenvalue weighted by atomic mass is 9.77. The summed E-state index contributed by atoms with van der Waals surface area (Å²) in [5, 5.41) is 15.4. The summed E-state index contributed by atoms with van der Waals surface area (Å²) >= 11 is 0. The second-order valence-corrected chi connectivity index (χ2v) is 10.8. The maximum Gasteiger partial charge on any atom is 0.413 e. The van der Waals surface area contributed by atoms with Crippen molar-refractivity contribution in [1.29, 1.82) is 0 Å². The zero-order valence-electron chi connectivity index (χ0n) is 20.9. The van der Waals surface area contributed by atoms with Gasteiger partial charge in [-0.25, -0.2) is 9.78 Å². The predicted molar refractivity (Wildman–Crippen MR) is 129 cm³/mol. The first-order valence-corrected chi connectivity index (χ1v) is 12.2. The number of amides is 3. The summed E-state index contributed by atoms with van der Waals surface area (Å²) < 4.78 is 5.24. The van der Waals surface area contributed by atoms with Gasteiger partial charge in [0.05, 0.1) is 18.0 Å². The van der Waals surface area contributed by atoms with Crippen LogP contribution in [0.3, 0.4) is 0 Å². The van der Waals surface area contributed by atoms with Crippen LogP contribution in [0.2, 0.25) is 0 Å². The van der Waals surface area contributed by atoms with Gasteiger partial charge in [0.15, 0.2) is 0 Å². The fourth-order valence-electron chi connectivity index (χ4n) is 4.94. The molecule has 1 saturated carbocycles. The minimum atomic E-state index is -0.704. The molecule has 0 bridgehead atoms. The van der Waals surface area contributed by atoms with Crippen molar-refractivity contribution in [3.8, 4) is 0 Å². The first-order valence-electron chi connectivity index (χ1n) is 12.2. The molecular formula is C25H38N4O5. The Balaban J connectivity index is 1.66. The summed E-state index contributed by atoms with van der Waals surface area (Å²) in [5.41, 5.74) is 0.364. The van der Waals surface area contributed by atoms with E-state index >= 15 is 0 Å². The van der Waals surface area contributed by atoms with Crippen molar-refractivity contribution in [3.63, 3.8) is 0 Å². The minimum absolute atomic E-state index is 0.0235. The van der Waals surface area contributed by atoms with Gasteiger partial charge < -0.3 is 20.1 Å². The van der Waals surface area contributed by atoms with Crippen LogP contribution >= 0.6 is 0 Å². The molecule has 1 aromatic heterocycles. The Kier molecular flexibility index (Phi) is 8.17. The van der Waals surface area contributed by atoms with Crippen molar-refractivity contribution in [2.45, 2.75) is 90.9 Å². The topological polar surface area (TPSA) is 121 Å². The number of aromatic nitrogens is 1. The number of carbonyl (C=O) groups is 3. The third kappa shape index (κ3) is 6.91. The van der Waals surface area contributed by atoms with Crippen molar-refractivity contribution >= 4 is 29.4 Å². The molecule has 34 heavy (non-hydrogen) atoms. The zero-order valence-corrected chi connectivity index (χ0v) is 20.9. The van der Waals surface area contributed by atoms with Gasteiger partial charge in [-0.15, -0.1) is 0 Å². The Morgan fingerprint density at radius 2 is 1.88 bits per heavy atom. The van der Waals surface area contributed by atoms with Crippen LogP contribution in [0.1, 0.15) is 71.8 Å². The number of hydrogen-bond donors (Lipinski definition) is 3. The molecule has 1 aliphatic carbocycles. The highest BCUT2D eigenvalue weighted by Gasteiger charge is 2.39. The van der Waals surface area contributed by atoms with Gasteiger partial charge in [0.25, 0.3) is 0 Å². The quantitative estimate of drug-likeness (QED) is 0.572. The van der Waals surface area contributed by atoms with E-state index in [0.717, 1.165) is 32.1 Å². The third-order valence-electron chi connectivity index (χ3n) is 6.51. The molecule has 4 atom stereocenters. The number of nitrogens with one attached hydrogen (secondary N) is 2. The highest BCUT2D eigenvalue weighted by Crippen LogP contribution is 2.35. The van der Waals surface area contributed by atoms with Gasteiger partial charge in [-0.05, 0) is 83.3 Å². The van der Waals surface area contributed by atoms with Crippen molar-refractivity contribution < 1.29 is 24.2 Å². The number of aryl methyl sites for hydroxylation is 1. The largest absolute Gasteiger partial charge is 0.444 e. The summed E-state index contributed by atoms with van der Waals surface area (Å²) in [7, 11) is 0. The zero-order chi connectivity index (χ0) is 25.0. The molecule has 2 aliphatic rings. The molecule has 9 heteroatoms. The lowest BCUT2D eigenvalue weighted by molar-refractivity contribution is -0.148. The van der Waals surface area contributed by atoms with Gasteiger partial charge in [-0.3, -0.25) is 14.9 Å². The minimum Gasteiger partial charge on any atom is -0.444 e. The molecule has 0 spiro atoms. The fraction of sp³-hybridized carbons (Fsp3) is 0.680. The number of rotatable bonds is 3. The van der Waals surface area contributed by atoms with Crippen LogP contribution in [0.15, 0.2) is 12.3 Å². The Morgan fingerprint density at radius 1 is 1.15 bits per heavy atom. The number of pyridine rings is 1. The summed E-state index contributed by atoms with van der Waals surface area (Å²) in [4.78, 5) is 44.0. The van der Waals surface area contributed by atoms with E-state index in [0.29, 0.717) is 36.0 Å². The molecule has 188 valence electrons. The number of aliphatic hydroxyl groups excluding tert-OH is 1. The Hall–Kier alpha value is -2.68. The molecule has 3 rings (SSSR count). The SMILES string of the molecule is Cc1cc(NC(=O)C(=O)N2C[C@@H](C)CC[C@@H]2[C@H]2CCC[C@@H](O)C2)cnc1NC(=O)OC(C)(C)C. The lowest BCUT2D eigenvalue weighted by Gasteiger charge is -2.44. The van der Waals surface area contributed by atoms with Gasteiger partial charge >= 0.3 is 17.9 Å². The van der Waals surface area contributed by atoms with Crippen LogP contribution in [0, 0.1) is 18.8 Å². The van der Waals surface area contributed by atoms with Gasteiger partial charge in [0, 0.05) is 12.6 Å². The first kappa shape index (κ1) is 25.9. The van der Waals surface area contributed by atoms with Crippen molar-refractivity contribution in [2.24, 2.45) is 11.8 Å². The molecule has 2 heterocycles. The molecule has 1 saturated heterocycles. The van der Waals surface area contributed by atoms with Gasteiger partial charge in [0.2, 0.25) is 0 Å². The van der Waals surface area contributed by atoms with Crippen molar-refractivity contribution in [2.75, 3.05) is 17.2 Å². The van der Waals surface area contributed by atoms with E-state index in [2.05, 4.69) is 22.5 Å². The Labute approximate surface area is 201 Å². The molecule has 0 aromatic carbocycles. The molecular weight excluding hydrogens is 436 g/mol. The normalized spacial score (nSPS) is 25.4. The summed E-state index contributed by atoms with van der Waals surface area (Å²) in [5.74, 6) is -0.396. The van der Waals surface area contributed by atoms with Crippen LogP contribution < -0.4 is 10.6 Å². The Morgan fingerprint density at radius 3 is 2.53 bits per heavy atom. The summed E-state index contributed by atoms with van der Waals surface area (Å²) in [6.45, 7) is 9.69. The van der Waals surface area contributed by atoms with Crippen molar-refractivity contribution in [1.82, 2.24) is 9.88 Å². The van der Waals surface area contributed by atoms with Crippen LogP contribution in [0.25, 0.3) is 0 Å². The smallest absolute Gasteiger partial charge is 0.413 e. The number of carbonyl (C=O) groups excluding carboxylic acids is 3. The average molecular weight is 475 g/mol. The molecule has 1 aromatic rings. The molecule has 3 N–H and O–H groups in total. The number of nitrogens with zero attached hydrogens (tertiary/aromatic N) is 2. The standard InChI is InChI=1S/C25H38N4O5/c1-15-9-10-20(17-7-6-8-19(30)12-17)29(14-15)23(32)22(31)27-18-11-16(2)21(26-13-18)28-24(33)34-25(3,4)5/h11,13,15,17,19-20,30H,6-10,12,14H2,1-5H3,(H,27,31)(H,26,28,33)/t15-,17-,19+,20+/m0/s1. The first-order chi connectivity index (χ1) is 15.9. The number of hydrogen-bond acceptors (Lipinski definition) is 6. The van der Waals surface area contributed by atoms with E-state index in [1.807, 2.05) is 0 Å². The molecule has 0 unspecified atom stereocenters. The monoisotopic (exact) mass is 474 g/mol. The van der Waals surface area contributed by atoms with E-state index in [1.54, 1.807) is 38.7 Å². The van der Waals surface area contributed by atoms with Crippen LogP contribution in [0.5, 0.6) is 0 Å². The molecule has 3 amide bonds. The number of piperidine rings is 1. The van der Waals surface area contributed by atoms with Crippen LogP contribution in [-0.2, 0) is 14.3 Å². The summed E-state index contributed by atoms with van der Waals surface area (Å²) in [6, 6.07) is 1.63. The summed E-state index contributed by atoms with van der Waals surface area (Å²) in [6.07, 6.45) is 5.72. The van der Waals surface area contributed by atoms with Gasteiger partial charge in [0.1, 0.15) is 11.4 Å². The predicted octanol–water partition coefficient (Wildman–Crippen LogP) is 3.85. The van der Waals surface area contributed by atoms with E-state index in [4.69, 9.17) is 4.74 Å². The van der Waals surface area contributed by atoms with Crippen LogP contribution in [0.4, 0.5) is 16.3 Å². The van der Waals surface area contributed by atoms with E-state index in [1.165, 1.54) is 6.20 Å². The average Bonchev–Trinajstić information content (AvgIpc) is 2.73. The van der Waals surface area contributed by atoms with Crippen LogP contribution in [-0.4, -0.2) is 57.2 Å². The number of aliphatic hydroxyl groups is 1. The highest BCUT2D eigenvalue weighted by molar-refractivity contribution is 6.39. The number of likely N-dealkylation sites (tertiary alicyclic amines) is 1. The fourth-order valence-corrected chi connectivity index (χ4v) is 4.94. The molecule has 0 radical (unpaired) electrons. The van der Waals surface area contributed by atoms with E-state index in [9.17, 15) is 19.5 Å². The lowest BCUT2D eigenvalue weighted by Crippen LogP contribution is -2.53. The van der Waals surface area contributed by atoms with Gasteiger partial charge in [-0.1, -0.05) is 13.3 Å². The number of ether oxygens (including phenoxy) is 1. The highest BCUT2D eigenvalue weighted by atomic mass is 16.6. The van der Waals surface area contributed by atoms with Crippen molar-refractivity contribution in [3.05, 3.63) is 17.8 Å². The van der Waals surface area contributed by atoms with E-state index < -0.39 is 23.5 Å². The molecule has 9 nitrogen and oxygen atoms in total. The number of anilines is 2. The maximum atomic E-state index is 13.2. The third-order valence-corrected chi connectivity index (χ3v) is 6.51.